The molecular formula is C15H21NO3S. The Kier molecular flexibility index (Phi) is 4.58. The minimum atomic E-state index is -0.686. The summed E-state index contributed by atoms with van der Waals surface area (Å²) in [5.74, 6) is 1.93. The first-order valence-corrected chi connectivity index (χ1v) is 7.91. The summed E-state index contributed by atoms with van der Waals surface area (Å²) >= 11 is 1.78. The Morgan fingerprint density at radius 1 is 1.50 bits per heavy atom. The predicted molar refractivity (Wildman–Crippen MR) is 80.3 cm³/mol. The number of aryl methyl sites for hydroxylation is 1. The number of thioether (sulfide) groups is 1. The summed E-state index contributed by atoms with van der Waals surface area (Å²) in [5.41, 5.74) is 3.20. The van der Waals surface area contributed by atoms with Crippen LogP contribution >= 0.6 is 11.8 Å². The molecule has 0 aliphatic heterocycles. The molecule has 5 heteroatoms. The molecule has 0 aromatic carbocycles. The van der Waals surface area contributed by atoms with Gasteiger partial charge in [0.15, 0.2) is 0 Å². The van der Waals surface area contributed by atoms with Crippen LogP contribution in [0.2, 0.25) is 0 Å². The second-order valence-electron chi connectivity index (χ2n) is 5.61. The summed E-state index contributed by atoms with van der Waals surface area (Å²) in [6.07, 6.45) is 4.21. The van der Waals surface area contributed by atoms with Gasteiger partial charge in [-0.05, 0) is 37.9 Å². The van der Waals surface area contributed by atoms with E-state index >= 15 is 0 Å². The zero-order valence-corrected chi connectivity index (χ0v) is 13.0. The van der Waals surface area contributed by atoms with Crippen LogP contribution < -0.4 is 4.74 Å². The predicted octanol–water partition coefficient (Wildman–Crippen LogP) is 3.20. The maximum Gasteiger partial charge on any atom is 0.303 e. The number of carbonyl (C=O) groups is 1. The van der Waals surface area contributed by atoms with Crippen molar-refractivity contribution in [2.24, 2.45) is 5.41 Å². The van der Waals surface area contributed by atoms with Crippen molar-refractivity contribution >= 4 is 17.7 Å². The summed E-state index contributed by atoms with van der Waals surface area (Å²) in [7, 11) is 1.68. The molecule has 0 atom stereocenters. The van der Waals surface area contributed by atoms with Gasteiger partial charge in [-0.25, -0.2) is 0 Å². The normalized spacial score (nSPS) is 15.9. The maximum absolute atomic E-state index is 10.8. The van der Waals surface area contributed by atoms with Gasteiger partial charge in [0.2, 0.25) is 0 Å². The number of carboxylic acid groups (broad SMARTS) is 1. The second-order valence-corrected chi connectivity index (χ2v) is 6.60. The summed E-state index contributed by atoms with van der Waals surface area (Å²) in [5, 5.41) is 8.91. The number of nitrogens with zero attached hydrogens (tertiary/aromatic N) is 1. The van der Waals surface area contributed by atoms with E-state index in [1.54, 1.807) is 18.9 Å². The zero-order chi connectivity index (χ0) is 14.8. The molecule has 1 N–H and O–H groups in total. The van der Waals surface area contributed by atoms with Crippen LogP contribution in [0.15, 0.2) is 6.20 Å². The van der Waals surface area contributed by atoms with Crippen LogP contribution in [0, 0.1) is 19.3 Å². The number of ether oxygens (including phenoxy) is 1. The van der Waals surface area contributed by atoms with Crippen LogP contribution in [0.3, 0.4) is 0 Å². The van der Waals surface area contributed by atoms with E-state index in [2.05, 4.69) is 4.98 Å². The number of carboxylic acids is 1. The number of aromatic nitrogens is 1. The quantitative estimate of drug-likeness (QED) is 0.837. The lowest BCUT2D eigenvalue weighted by molar-refractivity contribution is -0.138. The molecule has 1 fully saturated rings. The molecular weight excluding hydrogens is 274 g/mol. The Balaban J connectivity index is 1.93. The first-order chi connectivity index (χ1) is 9.47. The minimum Gasteiger partial charge on any atom is -0.496 e. The van der Waals surface area contributed by atoms with Gasteiger partial charge < -0.3 is 9.84 Å². The number of rotatable bonds is 7. The summed E-state index contributed by atoms with van der Waals surface area (Å²) in [6.45, 7) is 4.01. The van der Waals surface area contributed by atoms with Crippen molar-refractivity contribution in [3.05, 3.63) is 23.0 Å². The highest BCUT2D eigenvalue weighted by molar-refractivity contribution is 7.98. The van der Waals surface area contributed by atoms with Crippen LogP contribution in [0.5, 0.6) is 5.75 Å². The zero-order valence-electron chi connectivity index (χ0n) is 12.2. The van der Waals surface area contributed by atoms with Gasteiger partial charge in [-0.2, -0.15) is 11.8 Å². The highest BCUT2D eigenvalue weighted by atomic mass is 32.2. The smallest absolute Gasteiger partial charge is 0.303 e. The van der Waals surface area contributed by atoms with Crippen molar-refractivity contribution in [2.75, 3.05) is 12.9 Å². The van der Waals surface area contributed by atoms with Crippen LogP contribution in [0.4, 0.5) is 0 Å². The third kappa shape index (κ3) is 3.45. The van der Waals surface area contributed by atoms with Gasteiger partial charge in [0, 0.05) is 23.1 Å². The van der Waals surface area contributed by atoms with Gasteiger partial charge >= 0.3 is 5.97 Å². The first-order valence-electron chi connectivity index (χ1n) is 6.76. The van der Waals surface area contributed by atoms with E-state index in [4.69, 9.17) is 9.84 Å². The fourth-order valence-electron chi connectivity index (χ4n) is 2.45. The van der Waals surface area contributed by atoms with E-state index in [1.165, 1.54) is 0 Å². The molecule has 1 aliphatic carbocycles. The molecule has 0 saturated heterocycles. The standard InChI is InChI=1S/C15H21NO3S/c1-10-7-16-12(11(2)14(10)19-3)8-20-9-15(4-5-15)6-13(17)18/h7H,4-6,8-9H2,1-3H3,(H,17,18). The largest absolute Gasteiger partial charge is 0.496 e. The van der Waals surface area contributed by atoms with E-state index in [0.29, 0.717) is 6.42 Å². The van der Waals surface area contributed by atoms with Crippen molar-refractivity contribution in [3.8, 4) is 5.75 Å². The van der Waals surface area contributed by atoms with E-state index in [1.807, 2.05) is 20.0 Å². The van der Waals surface area contributed by atoms with Gasteiger partial charge in [-0.1, -0.05) is 0 Å². The lowest BCUT2D eigenvalue weighted by Crippen LogP contribution is -2.11. The highest BCUT2D eigenvalue weighted by Gasteiger charge is 2.44. The molecule has 110 valence electrons. The van der Waals surface area contributed by atoms with E-state index in [9.17, 15) is 4.79 Å². The monoisotopic (exact) mass is 295 g/mol. The molecule has 1 aliphatic rings. The molecule has 0 unspecified atom stereocenters. The van der Waals surface area contributed by atoms with Gasteiger partial charge in [-0.15, -0.1) is 0 Å². The highest BCUT2D eigenvalue weighted by Crippen LogP contribution is 2.51. The van der Waals surface area contributed by atoms with Crippen LogP contribution in [-0.4, -0.2) is 28.9 Å². The summed E-state index contributed by atoms with van der Waals surface area (Å²) in [4.78, 5) is 15.3. The van der Waals surface area contributed by atoms with E-state index in [0.717, 1.165) is 46.9 Å². The average Bonchev–Trinajstić information content (AvgIpc) is 3.12. The fourth-order valence-corrected chi connectivity index (χ4v) is 3.86. The van der Waals surface area contributed by atoms with E-state index in [-0.39, 0.29) is 5.41 Å². The van der Waals surface area contributed by atoms with Gasteiger partial charge in [0.1, 0.15) is 5.75 Å². The molecule has 20 heavy (non-hydrogen) atoms. The molecule has 0 amide bonds. The lowest BCUT2D eigenvalue weighted by atomic mass is 10.1. The minimum absolute atomic E-state index is 0.0409. The van der Waals surface area contributed by atoms with Crippen LogP contribution in [0.25, 0.3) is 0 Å². The lowest BCUT2D eigenvalue weighted by Gasteiger charge is -2.14. The molecule has 2 rings (SSSR count). The van der Waals surface area contributed by atoms with Crippen LogP contribution in [0.1, 0.15) is 36.1 Å². The topological polar surface area (TPSA) is 59.4 Å². The number of methoxy groups -OCH3 is 1. The summed E-state index contributed by atoms with van der Waals surface area (Å²) in [6, 6.07) is 0. The Hall–Kier alpha value is -1.23. The van der Waals surface area contributed by atoms with Gasteiger partial charge in [0.05, 0.1) is 19.2 Å². The SMILES string of the molecule is COc1c(C)cnc(CSCC2(CC(=O)O)CC2)c1C. The Bertz CT molecular complexity index is 512. The third-order valence-electron chi connectivity index (χ3n) is 3.88. The molecule has 1 aromatic rings. The molecule has 1 aromatic heterocycles. The fraction of sp³-hybridized carbons (Fsp3) is 0.600. The van der Waals surface area contributed by atoms with Crippen molar-refractivity contribution in [1.82, 2.24) is 4.98 Å². The van der Waals surface area contributed by atoms with Crippen molar-refractivity contribution in [2.45, 2.75) is 38.9 Å². The van der Waals surface area contributed by atoms with Crippen molar-refractivity contribution in [3.63, 3.8) is 0 Å². The Morgan fingerprint density at radius 2 is 2.20 bits per heavy atom. The molecule has 0 radical (unpaired) electrons. The summed E-state index contributed by atoms with van der Waals surface area (Å²) < 4.78 is 5.40. The molecule has 4 nitrogen and oxygen atoms in total. The first kappa shape index (κ1) is 15.2. The van der Waals surface area contributed by atoms with Gasteiger partial charge in [-0.3, -0.25) is 9.78 Å². The second kappa shape index (κ2) is 6.04. The number of aliphatic carboxylic acids is 1. The molecule has 1 saturated carbocycles. The van der Waals surface area contributed by atoms with Crippen molar-refractivity contribution in [1.29, 1.82) is 0 Å². The molecule has 1 heterocycles. The number of hydrogen-bond donors (Lipinski definition) is 1. The van der Waals surface area contributed by atoms with E-state index < -0.39 is 5.97 Å². The van der Waals surface area contributed by atoms with Crippen molar-refractivity contribution < 1.29 is 14.6 Å². The van der Waals surface area contributed by atoms with Gasteiger partial charge in [0.25, 0.3) is 0 Å². The Labute approximate surface area is 123 Å². The third-order valence-corrected chi connectivity index (χ3v) is 5.17. The number of hydrogen-bond acceptors (Lipinski definition) is 4. The average molecular weight is 295 g/mol. The molecule has 0 bridgehead atoms. The Morgan fingerprint density at radius 3 is 2.75 bits per heavy atom. The number of pyridine rings is 1. The maximum atomic E-state index is 10.8. The van der Waals surface area contributed by atoms with Crippen LogP contribution in [-0.2, 0) is 10.5 Å². The molecule has 0 spiro atoms.